The normalized spacial score (nSPS) is 15.9. The smallest absolute Gasteiger partial charge is 0.232 e. The molecule has 0 N–H and O–H groups in total. The van der Waals surface area contributed by atoms with Crippen LogP contribution < -0.4 is 0 Å². The van der Waals surface area contributed by atoms with Crippen molar-refractivity contribution < 1.29 is 48.3 Å². The number of alkyl halides is 10. The van der Waals surface area contributed by atoms with Crippen LogP contribution in [-0.2, 0) is 0 Å². The molecule has 0 fully saturated rings. The summed E-state index contributed by atoms with van der Waals surface area (Å²) in [6, 6.07) is 0. The molecule has 0 aliphatic heterocycles. The van der Waals surface area contributed by atoms with E-state index in [1.807, 2.05) is 0 Å². The molecule has 0 aliphatic carbocycles. The molecule has 0 spiro atoms. The van der Waals surface area contributed by atoms with Gasteiger partial charge in [0.2, 0.25) is 6.17 Å². The SMILES string of the molecule is C=C=C(F)C(F)C(F)(F)C(F)(F)C(F)(F)C(F)(F)F. The van der Waals surface area contributed by atoms with E-state index in [1.165, 1.54) is 0 Å². The molecular weight excluding hydrogens is 305 g/mol. The fourth-order valence-corrected chi connectivity index (χ4v) is 0.795. The Morgan fingerprint density at radius 3 is 1.47 bits per heavy atom. The Morgan fingerprint density at radius 1 is 0.842 bits per heavy atom. The minimum Gasteiger partial charge on any atom is -0.232 e. The molecule has 0 saturated carbocycles. The molecule has 1 unspecified atom stereocenters. The monoisotopic (exact) mass is 308 g/mol. The highest BCUT2D eigenvalue weighted by Gasteiger charge is 2.83. The summed E-state index contributed by atoms with van der Waals surface area (Å²) < 4.78 is 134. The Morgan fingerprint density at radius 2 is 1.21 bits per heavy atom. The van der Waals surface area contributed by atoms with E-state index in [2.05, 4.69) is 6.58 Å². The molecule has 0 aliphatic rings. The first-order valence-electron chi connectivity index (χ1n) is 4.04. The van der Waals surface area contributed by atoms with Gasteiger partial charge in [-0.3, -0.25) is 0 Å². The van der Waals surface area contributed by atoms with Crippen molar-refractivity contribution in [3.8, 4) is 0 Å². The van der Waals surface area contributed by atoms with Crippen LogP contribution in [-0.4, -0.2) is 30.1 Å². The summed E-state index contributed by atoms with van der Waals surface area (Å²) in [5.41, 5.74) is 0.719. The maximum Gasteiger partial charge on any atom is 0.460 e. The summed E-state index contributed by atoms with van der Waals surface area (Å²) in [7, 11) is 0. The molecule has 1 atom stereocenters. The topological polar surface area (TPSA) is 0 Å². The zero-order valence-electron chi connectivity index (χ0n) is 8.44. The van der Waals surface area contributed by atoms with Gasteiger partial charge in [-0.25, -0.2) is 4.39 Å². The van der Waals surface area contributed by atoms with Gasteiger partial charge in [-0.2, -0.15) is 43.9 Å². The quantitative estimate of drug-likeness (QED) is 0.532. The van der Waals surface area contributed by atoms with Crippen LogP contribution in [0.1, 0.15) is 0 Å². The van der Waals surface area contributed by atoms with Crippen LogP contribution in [0.25, 0.3) is 0 Å². The van der Waals surface area contributed by atoms with E-state index in [9.17, 15) is 48.3 Å². The second-order valence-corrected chi connectivity index (χ2v) is 3.16. The Balaban J connectivity index is 5.84. The summed E-state index contributed by atoms with van der Waals surface area (Å²) >= 11 is 0. The van der Waals surface area contributed by atoms with Gasteiger partial charge in [0.15, 0.2) is 5.83 Å². The second-order valence-electron chi connectivity index (χ2n) is 3.16. The number of hydrogen-bond acceptors (Lipinski definition) is 0. The van der Waals surface area contributed by atoms with Gasteiger partial charge >= 0.3 is 23.9 Å². The standard InChI is InChI=1S/C8H3F11/c1-2-3(9)4(10)5(11,12)6(13,14)7(15,16)8(17,18)19/h4H,1H2. The molecule has 0 rings (SSSR count). The Labute approximate surface area is 97.7 Å². The first-order chi connectivity index (χ1) is 8.14. The van der Waals surface area contributed by atoms with E-state index in [0.29, 0.717) is 0 Å². The molecule has 0 nitrogen and oxygen atoms in total. The van der Waals surface area contributed by atoms with E-state index < -0.39 is 35.9 Å². The third kappa shape index (κ3) is 2.56. The lowest BCUT2D eigenvalue weighted by atomic mass is 9.99. The van der Waals surface area contributed by atoms with Crippen molar-refractivity contribution >= 4 is 0 Å². The minimum absolute atomic E-state index is 0.719. The van der Waals surface area contributed by atoms with Gasteiger partial charge in [0.05, 0.1) is 0 Å². The highest BCUT2D eigenvalue weighted by molar-refractivity contribution is 5.11. The molecule has 19 heavy (non-hydrogen) atoms. The van der Waals surface area contributed by atoms with E-state index >= 15 is 0 Å². The Kier molecular flexibility index (Phi) is 4.39. The van der Waals surface area contributed by atoms with Crippen LogP contribution >= 0.6 is 0 Å². The number of allylic oxidation sites excluding steroid dienone is 1. The zero-order chi connectivity index (χ0) is 15.9. The lowest BCUT2D eigenvalue weighted by Crippen LogP contribution is -2.63. The number of halogens is 11. The largest absolute Gasteiger partial charge is 0.460 e. The van der Waals surface area contributed by atoms with Crippen molar-refractivity contribution in [1.82, 2.24) is 0 Å². The maximum atomic E-state index is 12.6. The van der Waals surface area contributed by atoms with Gasteiger partial charge in [0, 0.05) is 0 Å². The molecule has 0 aromatic carbocycles. The van der Waals surface area contributed by atoms with Gasteiger partial charge in [-0.1, -0.05) is 12.3 Å². The van der Waals surface area contributed by atoms with E-state index in [0.717, 1.165) is 5.73 Å². The molecule has 0 saturated heterocycles. The molecule has 112 valence electrons. The maximum absolute atomic E-state index is 12.6. The summed E-state index contributed by atoms with van der Waals surface area (Å²) in [5, 5.41) is 0. The zero-order valence-corrected chi connectivity index (χ0v) is 8.44. The molecule has 0 aromatic rings. The van der Waals surface area contributed by atoms with Gasteiger partial charge in [-0.05, 0) is 0 Å². The fourth-order valence-electron chi connectivity index (χ4n) is 0.795. The summed E-state index contributed by atoms with van der Waals surface area (Å²) in [6.07, 6.45) is -11.8. The van der Waals surface area contributed by atoms with Crippen molar-refractivity contribution in [2.45, 2.75) is 30.1 Å². The van der Waals surface area contributed by atoms with Gasteiger partial charge in [0.25, 0.3) is 0 Å². The predicted molar refractivity (Wildman–Crippen MR) is 39.6 cm³/mol. The Hall–Kier alpha value is -1.25. The van der Waals surface area contributed by atoms with Crippen molar-refractivity contribution in [2.24, 2.45) is 0 Å². The van der Waals surface area contributed by atoms with Crippen molar-refractivity contribution in [3.05, 3.63) is 18.1 Å². The summed E-state index contributed by atoms with van der Waals surface area (Å²) in [6.45, 7) is 2.22. The predicted octanol–water partition coefficient (Wildman–Crippen LogP) is 4.43. The highest BCUT2D eigenvalue weighted by atomic mass is 19.4. The summed E-state index contributed by atoms with van der Waals surface area (Å²) in [5.74, 6) is -24.0. The van der Waals surface area contributed by atoms with Crippen LogP contribution in [0, 0.1) is 0 Å². The Bertz CT molecular complexity index is 384. The van der Waals surface area contributed by atoms with Crippen LogP contribution in [0.5, 0.6) is 0 Å². The lowest BCUT2D eigenvalue weighted by Gasteiger charge is -2.34. The molecule has 0 aromatic heterocycles. The van der Waals surface area contributed by atoms with Crippen molar-refractivity contribution in [1.29, 1.82) is 0 Å². The van der Waals surface area contributed by atoms with Crippen LogP contribution in [0.2, 0.25) is 0 Å². The van der Waals surface area contributed by atoms with Crippen molar-refractivity contribution in [3.63, 3.8) is 0 Å². The number of hydrogen-bond donors (Lipinski definition) is 0. The lowest BCUT2D eigenvalue weighted by molar-refractivity contribution is -0.401. The second kappa shape index (κ2) is 4.69. The molecule has 11 heteroatoms. The minimum atomic E-state index is -7.27. The summed E-state index contributed by atoms with van der Waals surface area (Å²) in [4.78, 5) is 0. The van der Waals surface area contributed by atoms with E-state index in [-0.39, 0.29) is 0 Å². The van der Waals surface area contributed by atoms with Crippen LogP contribution in [0.3, 0.4) is 0 Å². The van der Waals surface area contributed by atoms with Gasteiger partial charge in [0.1, 0.15) is 0 Å². The van der Waals surface area contributed by atoms with Gasteiger partial charge in [-0.15, -0.1) is 0 Å². The first kappa shape index (κ1) is 17.8. The highest BCUT2D eigenvalue weighted by Crippen LogP contribution is 2.55. The molecular formula is C8H3F11. The van der Waals surface area contributed by atoms with Gasteiger partial charge < -0.3 is 0 Å². The first-order valence-corrected chi connectivity index (χ1v) is 4.04. The van der Waals surface area contributed by atoms with E-state index in [1.54, 1.807) is 0 Å². The third-order valence-corrected chi connectivity index (χ3v) is 1.88. The molecule has 0 radical (unpaired) electrons. The third-order valence-electron chi connectivity index (χ3n) is 1.88. The van der Waals surface area contributed by atoms with Crippen molar-refractivity contribution in [2.75, 3.05) is 0 Å². The molecule has 0 heterocycles. The molecule has 0 amide bonds. The van der Waals surface area contributed by atoms with E-state index in [4.69, 9.17) is 0 Å². The molecule has 0 bridgehead atoms. The van der Waals surface area contributed by atoms with Crippen LogP contribution in [0.4, 0.5) is 48.3 Å². The van der Waals surface area contributed by atoms with Crippen LogP contribution in [0.15, 0.2) is 18.1 Å². The average molecular weight is 308 g/mol. The fraction of sp³-hybridized carbons (Fsp3) is 0.625. The number of rotatable bonds is 4. The average Bonchev–Trinajstić information content (AvgIpc) is 2.24.